The molecule has 0 unspecified atom stereocenters. The van der Waals surface area contributed by atoms with Gasteiger partial charge in [0.2, 0.25) is 5.91 Å². The van der Waals surface area contributed by atoms with Gasteiger partial charge in [-0.1, -0.05) is 29.3 Å². The van der Waals surface area contributed by atoms with Gasteiger partial charge in [-0.05, 0) is 31.5 Å². The van der Waals surface area contributed by atoms with E-state index in [1.54, 1.807) is 12.1 Å². The molecule has 24 heavy (non-hydrogen) atoms. The molecular weight excluding hydrogens is 346 g/mol. The van der Waals surface area contributed by atoms with Crippen molar-refractivity contribution >= 4 is 35.0 Å². The molecular formula is C18H20ClNO3S. The lowest BCUT2D eigenvalue weighted by molar-refractivity contribution is -0.113. The van der Waals surface area contributed by atoms with Crippen molar-refractivity contribution in [2.45, 2.75) is 18.7 Å². The number of benzene rings is 2. The van der Waals surface area contributed by atoms with Crippen molar-refractivity contribution in [2.75, 3.05) is 25.3 Å². The molecule has 0 atom stereocenters. The standard InChI is InChI=1S/C18H20ClNO3S/c1-11-5-6-17(12(2)7-11)24-10-18(21)20-14-8-13(19)15(22-3)9-16(14)23-4/h5-9H,10H2,1-4H3,(H,20,21). The lowest BCUT2D eigenvalue weighted by atomic mass is 10.2. The monoisotopic (exact) mass is 365 g/mol. The van der Waals surface area contributed by atoms with Crippen LogP contribution in [0.1, 0.15) is 11.1 Å². The number of carbonyl (C=O) groups is 1. The molecule has 0 aliphatic rings. The topological polar surface area (TPSA) is 47.6 Å². The zero-order valence-corrected chi connectivity index (χ0v) is 15.7. The van der Waals surface area contributed by atoms with Crippen molar-refractivity contribution in [2.24, 2.45) is 0 Å². The van der Waals surface area contributed by atoms with Crippen molar-refractivity contribution in [3.63, 3.8) is 0 Å². The Kier molecular flexibility index (Phi) is 6.40. The number of rotatable bonds is 6. The zero-order chi connectivity index (χ0) is 17.7. The smallest absolute Gasteiger partial charge is 0.234 e. The first-order valence-electron chi connectivity index (χ1n) is 7.36. The molecule has 0 saturated heterocycles. The number of hydrogen-bond acceptors (Lipinski definition) is 4. The van der Waals surface area contributed by atoms with Crippen molar-refractivity contribution in [1.82, 2.24) is 0 Å². The predicted octanol–water partition coefficient (Wildman–Crippen LogP) is 4.70. The number of methoxy groups -OCH3 is 2. The van der Waals surface area contributed by atoms with Gasteiger partial charge in [-0.3, -0.25) is 4.79 Å². The van der Waals surface area contributed by atoms with Crippen molar-refractivity contribution < 1.29 is 14.3 Å². The number of hydrogen-bond donors (Lipinski definition) is 1. The molecule has 0 aliphatic heterocycles. The van der Waals surface area contributed by atoms with E-state index in [9.17, 15) is 4.79 Å². The van der Waals surface area contributed by atoms with E-state index >= 15 is 0 Å². The van der Waals surface area contributed by atoms with Crippen LogP contribution in [-0.2, 0) is 4.79 Å². The number of thioether (sulfide) groups is 1. The molecule has 1 amide bonds. The van der Waals surface area contributed by atoms with Gasteiger partial charge in [0.25, 0.3) is 0 Å². The van der Waals surface area contributed by atoms with E-state index < -0.39 is 0 Å². The van der Waals surface area contributed by atoms with Gasteiger partial charge in [0.1, 0.15) is 11.5 Å². The third-order valence-corrected chi connectivity index (χ3v) is 4.91. The van der Waals surface area contributed by atoms with Crippen LogP contribution in [0.15, 0.2) is 35.2 Å². The highest BCUT2D eigenvalue weighted by Gasteiger charge is 2.13. The summed E-state index contributed by atoms with van der Waals surface area (Å²) in [4.78, 5) is 13.3. The number of ether oxygens (including phenoxy) is 2. The Morgan fingerprint density at radius 1 is 1.12 bits per heavy atom. The van der Waals surface area contributed by atoms with E-state index in [4.69, 9.17) is 21.1 Å². The van der Waals surface area contributed by atoms with Crippen molar-refractivity contribution in [1.29, 1.82) is 0 Å². The van der Waals surface area contributed by atoms with Gasteiger partial charge in [-0.15, -0.1) is 11.8 Å². The van der Waals surface area contributed by atoms with Gasteiger partial charge in [-0.2, -0.15) is 0 Å². The maximum absolute atomic E-state index is 12.2. The highest BCUT2D eigenvalue weighted by atomic mass is 35.5. The molecule has 2 rings (SSSR count). The Morgan fingerprint density at radius 2 is 1.83 bits per heavy atom. The lowest BCUT2D eigenvalue weighted by Gasteiger charge is -2.13. The maximum Gasteiger partial charge on any atom is 0.234 e. The third-order valence-electron chi connectivity index (χ3n) is 3.44. The first-order chi connectivity index (χ1) is 11.4. The van der Waals surface area contributed by atoms with E-state index in [0.29, 0.717) is 28.0 Å². The summed E-state index contributed by atoms with van der Waals surface area (Å²) >= 11 is 7.61. The second-order valence-electron chi connectivity index (χ2n) is 5.29. The van der Waals surface area contributed by atoms with Crippen molar-refractivity contribution in [3.8, 4) is 11.5 Å². The Morgan fingerprint density at radius 3 is 2.46 bits per heavy atom. The Hall–Kier alpha value is -1.85. The summed E-state index contributed by atoms with van der Waals surface area (Å²) in [6.45, 7) is 4.09. The van der Waals surface area contributed by atoms with Gasteiger partial charge in [0, 0.05) is 11.0 Å². The van der Waals surface area contributed by atoms with Gasteiger partial charge < -0.3 is 14.8 Å². The average Bonchev–Trinajstić information content (AvgIpc) is 2.54. The molecule has 6 heteroatoms. The number of anilines is 1. The summed E-state index contributed by atoms with van der Waals surface area (Å²) in [5.41, 5.74) is 2.89. The normalized spacial score (nSPS) is 10.4. The second kappa shape index (κ2) is 8.31. The summed E-state index contributed by atoms with van der Waals surface area (Å²) in [5.74, 6) is 1.17. The number of carbonyl (C=O) groups excluding carboxylic acids is 1. The molecule has 0 aliphatic carbocycles. The van der Waals surface area contributed by atoms with Crippen LogP contribution < -0.4 is 14.8 Å². The van der Waals surface area contributed by atoms with Crippen LogP contribution in [0.25, 0.3) is 0 Å². The number of aryl methyl sites for hydroxylation is 2. The minimum atomic E-state index is -0.125. The Balaban J connectivity index is 2.05. The highest BCUT2D eigenvalue weighted by molar-refractivity contribution is 8.00. The molecule has 2 aromatic carbocycles. The fourth-order valence-electron chi connectivity index (χ4n) is 2.25. The van der Waals surface area contributed by atoms with Gasteiger partial charge in [0.15, 0.2) is 0 Å². The summed E-state index contributed by atoms with van der Waals surface area (Å²) in [6, 6.07) is 9.45. The Bertz CT molecular complexity index is 749. The molecule has 0 spiro atoms. The Labute approximate surface area is 151 Å². The molecule has 0 radical (unpaired) electrons. The fourth-order valence-corrected chi connectivity index (χ4v) is 3.30. The third kappa shape index (κ3) is 4.58. The fraction of sp³-hybridized carbons (Fsp3) is 0.278. The highest BCUT2D eigenvalue weighted by Crippen LogP contribution is 2.36. The molecule has 0 heterocycles. The number of amides is 1. The van der Waals surface area contributed by atoms with E-state index in [0.717, 1.165) is 10.5 Å². The van der Waals surface area contributed by atoms with E-state index in [1.807, 2.05) is 26.0 Å². The van der Waals surface area contributed by atoms with Gasteiger partial charge >= 0.3 is 0 Å². The summed E-state index contributed by atoms with van der Waals surface area (Å²) in [5, 5.41) is 3.24. The van der Waals surface area contributed by atoms with Crippen molar-refractivity contribution in [3.05, 3.63) is 46.5 Å². The minimum absolute atomic E-state index is 0.125. The van der Waals surface area contributed by atoms with E-state index in [-0.39, 0.29) is 5.91 Å². The molecule has 0 saturated carbocycles. The second-order valence-corrected chi connectivity index (χ2v) is 6.72. The van der Waals surface area contributed by atoms with Crippen LogP contribution in [0.3, 0.4) is 0 Å². The molecule has 4 nitrogen and oxygen atoms in total. The average molecular weight is 366 g/mol. The first-order valence-corrected chi connectivity index (χ1v) is 8.72. The molecule has 0 aromatic heterocycles. The minimum Gasteiger partial charge on any atom is -0.495 e. The first kappa shape index (κ1) is 18.5. The van der Waals surface area contributed by atoms with E-state index in [1.165, 1.54) is 31.5 Å². The summed E-state index contributed by atoms with van der Waals surface area (Å²) in [6.07, 6.45) is 0. The SMILES string of the molecule is COc1cc(OC)c(NC(=O)CSc2ccc(C)cc2C)cc1Cl. The lowest BCUT2D eigenvalue weighted by Crippen LogP contribution is -2.15. The number of halogens is 1. The summed E-state index contributed by atoms with van der Waals surface area (Å²) < 4.78 is 10.4. The van der Waals surface area contributed by atoms with Gasteiger partial charge in [-0.25, -0.2) is 0 Å². The quantitative estimate of drug-likeness (QED) is 0.753. The summed E-state index contributed by atoms with van der Waals surface area (Å²) in [7, 11) is 3.06. The molecule has 1 N–H and O–H groups in total. The van der Waals surface area contributed by atoms with Gasteiger partial charge in [0.05, 0.1) is 30.7 Å². The van der Waals surface area contributed by atoms with Crippen LogP contribution in [-0.4, -0.2) is 25.9 Å². The number of nitrogens with one attached hydrogen (secondary N) is 1. The maximum atomic E-state index is 12.2. The largest absolute Gasteiger partial charge is 0.495 e. The van der Waals surface area contributed by atoms with Crippen LogP contribution in [0.2, 0.25) is 5.02 Å². The van der Waals surface area contributed by atoms with Crippen LogP contribution in [0, 0.1) is 13.8 Å². The molecule has 128 valence electrons. The molecule has 0 bridgehead atoms. The molecule has 2 aromatic rings. The molecule has 0 fully saturated rings. The predicted molar refractivity (Wildman–Crippen MR) is 99.8 cm³/mol. The van der Waals surface area contributed by atoms with E-state index in [2.05, 4.69) is 11.4 Å². The zero-order valence-electron chi connectivity index (χ0n) is 14.1. The van der Waals surface area contributed by atoms with Crippen LogP contribution in [0.4, 0.5) is 5.69 Å². The van der Waals surface area contributed by atoms with Crippen LogP contribution in [0.5, 0.6) is 11.5 Å². The van der Waals surface area contributed by atoms with Crippen LogP contribution >= 0.6 is 23.4 Å².